The second kappa shape index (κ2) is 5.52. The molecule has 0 aliphatic rings. The average molecular weight is 261 g/mol. The van der Waals surface area contributed by atoms with Crippen LogP contribution in [0.2, 0.25) is 5.02 Å². The Balaban J connectivity index is 2.02. The molecule has 0 aliphatic heterocycles. The Morgan fingerprint density at radius 2 is 1.89 bits per heavy atom. The van der Waals surface area contributed by atoms with Crippen LogP contribution in [0.4, 0.5) is 10.1 Å². The number of halogens is 2. The van der Waals surface area contributed by atoms with Gasteiger partial charge in [-0.05, 0) is 35.9 Å². The van der Waals surface area contributed by atoms with Gasteiger partial charge >= 0.3 is 0 Å². The summed E-state index contributed by atoms with van der Waals surface area (Å²) in [6.07, 6.45) is 0. The number of nitriles is 1. The van der Waals surface area contributed by atoms with Crippen LogP contribution in [-0.4, -0.2) is 0 Å². The van der Waals surface area contributed by atoms with Gasteiger partial charge in [0.05, 0.1) is 16.7 Å². The molecule has 0 saturated heterocycles. The largest absolute Gasteiger partial charge is 0.381 e. The lowest BCUT2D eigenvalue weighted by Crippen LogP contribution is -1.99. The fourth-order valence-corrected chi connectivity index (χ4v) is 1.69. The van der Waals surface area contributed by atoms with E-state index in [1.54, 1.807) is 24.3 Å². The van der Waals surface area contributed by atoms with Gasteiger partial charge in [0.2, 0.25) is 0 Å². The van der Waals surface area contributed by atoms with Crippen molar-refractivity contribution in [2.45, 2.75) is 6.54 Å². The predicted molar refractivity (Wildman–Crippen MR) is 69.9 cm³/mol. The molecule has 0 saturated carbocycles. The molecule has 0 aromatic heterocycles. The normalized spacial score (nSPS) is 9.83. The highest BCUT2D eigenvalue weighted by Crippen LogP contribution is 2.19. The monoisotopic (exact) mass is 260 g/mol. The molecule has 0 amide bonds. The number of benzene rings is 2. The Kier molecular flexibility index (Phi) is 3.81. The number of hydrogen-bond acceptors (Lipinski definition) is 2. The molecule has 18 heavy (non-hydrogen) atoms. The van der Waals surface area contributed by atoms with E-state index in [-0.39, 0.29) is 5.02 Å². The van der Waals surface area contributed by atoms with E-state index in [2.05, 4.69) is 11.4 Å². The highest BCUT2D eigenvalue weighted by Gasteiger charge is 2.00. The second-order valence-electron chi connectivity index (χ2n) is 3.79. The molecule has 2 nitrogen and oxygen atoms in total. The van der Waals surface area contributed by atoms with E-state index < -0.39 is 5.82 Å². The van der Waals surface area contributed by atoms with Crippen LogP contribution in [0.25, 0.3) is 0 Å². The van der Waals surface area contributed by atoms with Crippen molar-refractivity contribution >= 4 is 17.3 Å². The maximum atomic E-state index is 13.0. The van der Waals surface area contributed by atoms with Crippen molar-refractivity contribution in [3.05, 3.63) is 64.4 Å². The van der Waals surface area contributed by atoms with E-state index in [0.717, 1.165) is 11.3 Å². The minimum atomic E-state index is -0.430. The summed E-state index contributed by atoms with van der Waals surface area (Å²) >= 11 is 5.68. The smallest absolute Gasteiger partial charge is 0.141 e. The molecule has 0 unspecified atom stereocenters. The zero-order valence-corrected chi connectivity index (χ0v) is 10.2. The Morgan fingerprint density at radius 1 is 1.17 bits per heavy atom. The third-order valence-corrected chi connectivity index (χ3v) is 2.79. The van der Waals surface area contributed by atoms with Crippen LogP contribution in [0.15, 0.2) is 42.5 Å². The van der Waals surface area contributed by atoms with Crippen LogP contribution >= 0.6 is 11.6 Å². The van der Waals surface area contributed by atoms with E-state index in [9.17, 15) is 4.39 Å². The van der Waals surface area contributed by atoms with Crippen LogP contribution in [-0.2, 0) is 6.54 Å². The molecule has 0 radical (unpaired) electrons. The molecule has 0 bridgehead atoms. The molecule has 2 aromatic carbocycles. The molecule has 0 atom stereocenters. The number of rotatable bonds is 3. The average Bonchev–Trinajstić information content (AvgIpc) is 2.41. The standard InChI is InChI=1S/C14H10ClFN2/c15-13-7-12(5-6-14(13)16)18-9-11-3-1-10(8-17)2-4-11/h1-7,18H,9H2. The molecule has 0 aliphatic carbocycles. The molecule has 4 heteroatoms. The van der Waals surface area contributed by atoms with E-state index >= 15 is 0 Å². The highest BCUT2D eigenvalue weighted by molar-refractivity contribution is 6.31. The van der Waals surface area contributed by atoms with Crippen molar-refractivity contribution in [3.8, 4) is 6.07 Å². The second-order valence-corrected chi connectivity index (χ2v) is 4.20. The minimum absolute atomic E-state index is 0.0971. The van der Waals surface area contributed by atoms with E-state index in [1.807, 2.05) is 12.1 Å². The SMILES string of the molecule is N#Cc1ccc(CNc2ccc(F)c(Cl)c2)cc1. The predicted octanol–water partition coefficient (Wildman–Crippen LogP) is 3.96. The summed E-state index contributed by atoms with van der Waals surface area (Å²) in [5.41, 5.74) is 2.42. The van der Waals surface area contributed by atoms with Crippen LogP contribution in [0.3, 0.4) is 0 Å². The van der Waals surface area contributed by atoms with Gasteiger partial charge in [-0.25, -0.2) is 4.39 Å². The first-order valence-electron chi connectivity index (χ1n) is 5.37. The van der Waals surface area contributed by atoms with Gasteiger partial charge in [-0.2, -0.15) is 5.26 Å². The first-order valence-corrected chi connectivity index (χ1v) is 5.75. The molecule has 2 aromatic rings. The number of anilines is 1. The van der Waals surface area contributed by atoms with Gasteiger partial charge in [-0.1, -0.05) is 23.7 Å². The summed E-state index contributed by atoms with van der Waals surface area (Å²) in [4.78, 5) is 0. The fraction of sp³-hybridized carbons (Fsp3) is 0.0714. The quantitative estimate of drug-likeness (QED) is 0.907. The molecule has 0 heterocycles. The van der Waals surface area contributed by atoms with Gasteiger partial charge in [-0.3, -0.25) is 0 Å². The first-order chi connectivity index (χ1) is 8.69. The lowest BCUT2D eigenvalue weighted by molar-refractivity contribution is 0.628. The Labute approximate surface area is 110 Å². The van der Waals surface area contributed by atoms with E-state index in [4.69, 9.17) is 16.9 Å². The summed E-state index contributed by atoms with van der Waals surface area (Å²) in [7, 11) is 0. The maximum absolute atomic E-state index is 13.0. The lowest BCUT2D eigenvalue weighted by atomic mass is 10.1. The van der Waals surface area contributed by atoms with Crippen molar-refractivity contribution in [1.29, 1.82) is 5.26 Å². The van der Waals surface area contributed by atoms with Gasteiger partial charge in [0.15, 0.2) is 0 Å². The van der Waals surface area contributed by atoms with Gasteiger partial charge in [0.25, 0.3) is 0 Å². The number of nitrogens with one attached hydrogen (secondary N) is 1. The molecular weight excluding hydrogens is 251 g/mol. The Morgan fingerprint density at radius 3 is 2.50 bits per heavy atom. The van der Waals surface area contributed by atoms with Gasteiger partial charge in [0, 0.05) is 12.2 Å². The van der Waals surface area contributed by atoms with Crippen molar-refractivity contribution in [2.24, 2.45) is 0 Å². The van der Waals surface area contributed by atoms with Crippen LogP contribution in [0.1, 0.15) is 11.1 Å². The first kappa shape index (κ1) is 12.4. The molecule has 1 N–H and O–H groups in total. The molecule has 0 fully saturated rings. The molecular formula is C14H10ClFN2. The molecule has 2 rings (SSSR count). The highest BCUT2D eigenvalue weighted by atomic mass is 35.5. The summed E-state index contributed by atoms with van der Waals surface area (Å²) in [6.45, 7) is 0.591. The zero-order chi connectivity index (χ0) is 13.0. The van der Waals surface area contributed by atoms with Crippen LogP contribution in [0.5, 0.6) is 0 Å². The van der Waals surface area contributed by atoms with Crippen molar-refractivity contribution in [2.75, 3.05) is 5.32 Å². The van der Waals surface area contributed by atoms with E-state index in [0.29, 0.717) is 12.1 Å². The van der Waals surface area contributed by atoms with Crippen molar-refractivity contribution < 1.29 is 4.39 Å². The topological polar surface area (TPSA) is 35.8 Å². The summed E-state index contributed by atoms with van der Waals surface area (Å²) in [5, 5.41) is 11.9. The molecule has 90 valence electrons. The minimum Gasteiger partial charge on any atom is -0.381 e. The maximum Gasteiger partial charge on any atom is 0.141 e. The van der Waals surface area contributed by atoms with Crippen molar-refractivity contribution in [1.82, 2.24) is 0 Å². The third-order valence-electron chi connectivity index (χ3n) is 2.50. The summed E-state index contributed by atoms with van der Waals surface area (Å²) in [6, 6.07) is 13.8. The summed E-state index contributed by atoms with van der Waals surface area (Å²) in [5.74, 6) is -0.430. The Bertz CT molecular complexity index is 588. The molecule has 0 spiro atoms. The van der Waals surface area contributed by atoms with Crippen LogP contribution in [0, 0.1) is 17.1 Å². The van der Waals surface area contributed by atoms with Gasteiger partial charge in [0.1, 0.15) is 5.82 Å². The van der Waals surface area contributed by atoms with Crippen molar-refractivity contribution in [3.63, 3.8) is 0 Å². The summed E-state index contributed by atoms with van der Waals surface area (Å²) < 4.78 is 13.0. The lowest BCUT2D eigenvalue weighted by Gasteiger charge is -2.07. The fourth-order valence-electron chi connectivity index (χ4n) is 1.51. The zero-order valence-electron chi connectivity index (χ0n) is 9.45. The van der Waals surface area contributed by atoms with Gasteiger partial charge in [-0.15, -0.1) is 0 Å². The third kappa shape index (κ3) is 2.99. The van der Waals surface area contributed by atoms with Crippen LogP contribution < -0.4 is 5.32 Å². The van der Waals surface area contributed by atoms with E-state index in [1.165, 1.54) is 6.07 Å². The van der Waals surface area contributed by atoms with Gasteiger partial charge < -0.3 is 5.32 Å². The number of hydrogen-bond donors (Lipinski definition) is 1. The Hall–Kier alpha value is -2.05. The number of nitrogens with zero attached hydrogens (tertiary/aromatic N) is 1.